The van der Waals surface area contributed by atoms with Crippen LogP contribution in [0.3, 0.4) is 0 Å². The number of halogens is 2. The van der Waals surface area contributed by atoms with Gasteiger partial charge in [0.1, 0.15) is 11.3 Å². The van der Waals surface area contributed by atoms with Crippen molar-refractivity contribution in [2.45, 2.75) is 31.7 Å². The molecular weight excluding hydrogens is 435 g/mol. The standard InChI is InChI=1S/C22H22ClFN6O2/c23-12-7-13-14(9-28-20(13)27-8-12)19(25)30-21(18-15(24)5-6-26-18)29-17-11-3-1-10(2-4-11)16(17)22(31)32/h5-11,16-17,26H,1-4H2,(H,27,28)(H,31,32)(H2,25,29,30)/t10?,11?,16-,17-/m0/s1. The van der Waals surface area contributed by atoms with Crippen LogP contribution in [0.25, 0.3) is 11.0 Å². The molecule has 3 aliphatic carbocycles. The lowest BCUT2D eigenvalue weighted by molar-refractivity contribution is -0.149. The minimum Gasteiger partial charge on any atom is -0.481 e. The first-order chi connectivity index (χ1) is 15.4. The van der Waals surface area contributed by atoms with Gasteiger partial charge in [-0.25, -0.2) is 14.4 Å². The lowest BCUT2D eigenvalue weighted by Crippen LogP contribution is -2.56. The summed E-state index contributed by atoms with van der Waals surface area (Å²) in [7, 11) is 0. The Balaban J connectivity index is 1.53. The van der Waals surface area contributed by atoms with Gasteiger partial charge >= 0.3 is 5.97 Å². The molecule has 0 saturated heterocycles. The van der Waals surface area contributed by atoms with Crippen molar-refractivity contribution < 1.29 is 14.3 Å². The van der Waals surface area contributed by atoms with Crippen molar-refractivity contribution in [3.8, 4) is 0 Å². The minimum absolute atomic E-state index is 0.0889. The molecule has 2 atom stereocenters. The molecule has 3 heterocycles. The fourth-order valence-electron chi connectivity index (χ4n) is 5.21. The lowest BCUT2D eigenvalue weighted by atomic mass is 9.61. The number of aromatic amines is 2. The molecule has 5 N–H and O–H groups in total. The molecule has 3 aliphatic rings. The molecule has 3 fully saturated rings. The van der Waals surface area contributed by atoms with Gasteiger partial charge in [0.05, 0.1) is 10.9 Å². The SMILES string of the molecule is N=C(/N=C(/N[C@H]1C2CCC(CC2)[C@@H]1C(=O)O)c1[nH]ccc1F)c1c[nH]c2ncc(Cl)cc12. The molecule has 2 bridgehead atoms. The zero-order chi connectivity index (χ0) is 22.4. The van der Waals surface area contributed by atoms with Crippen molar-refractivity contribution >= 4 is 40.3 Å². The van der Waals surface area contributed by atoms with Gasteiger partial charge in [0.2, 0.25) is 0 Å². The van der Waals surface area contributed by atoms with Gasteiger partial charge in [-0.3, -0.25) is 10.2 Å². The Kier molecular flexibility index (Phi) is 5.21. The average molecular weight is 457 g/mol. The molecule has 8 nitrogen and oxygen atoms in total. The quantitative estimate of drug-likeness (QED) is 0.300. The highest BCUT2D eigenvalue weighted by molar-refractivity contribution is 6.31. The number of aliphatic imine (C=N–C) groups is 1. The number of rotatable bonds is 4. The number of carboxylic acid groups (broad SMARTS) is 1. The van der Waals surface area contributed by atoms with Gasteiger partial charge in [0, 0.05) is 35.6 Å². The highest BCUT2D eigenvalue weighted by Gasteiger charge is 2.47. The minimum atomic E-state index is -0.851. The van der Waals surface area contributed by atoms with Gasteiger partial charge < -0.3 is 20.4 Å². The fourth-order valence-corrected chi connectivity index (χ4v) is 5.37. The summed E-state index contributed by atoms with van der Waals surface area (Å²) in [4.78, 5) is 26.5. The average Bonchev–Trinajstić information content (AvgIpc) is 3.39. The van der Waals surface area contributed by atoms with Crippen molar-refractivity contribution in [3.05, 3.63) is 52.8 Å². The summed E-state index contributed by atoms with van der Waals surface area (Å²) in [5.74, 6) is -1.71. The zero-order valence-corrected chi connectivity index (χ0v) is 17.8. The van der Waals surface area contributed by atoms with E-state index < -0.39 is 17.7 Å². The maximum atomic E-state index is 14.5. The Morgan fingerprint density at radius 2 is 2.03 bits per heavy atom. The van der Waals surface area contributed by atoms with Crippen molar-refractivity contribution in [1.82, 2.24) is 20.3 Å². The van der Waals surface area contributed by atoms with Crippen LogP contribution in [0.15, 0.2) is 35.7 Å². The third kappa shape index (κ3) is 3.56. The predicted octanol–water partition coefficient (Wildman–Crippen LogP) is 3.93. The third-order valence-corrected chi connectivity index (χ3v) is 6.92. The van der Waals surface area contributed by atoms with Gasteiger partial charge in [0.15, 0.2) is 17.5 Å². The van der Waals surface area contributed by atoms with Crippen LogP contribution < -0.4 is 5.32 Å². The van der Waals surface area contributed by atoms with Crippen LogP contribution in [0, 0.1) is 29.0 Å². The van der Waals surface area contributed by atoms with E-state index in [1.807, 2.05) is 0 Å². The number of hydrogen-bond donors (Lipinski definition) is 5. The molecule has 166 valence electrons. The summed E-state index contributed by atoms with van der Waals surface area (Å²) in [5.41, 5.74) is 1.11. The van der Waals surface area contributed by atoms with Gasteiger partial charge in [0.25, 0.3) is 0 Å². The lowest BCUT2D eigenvalue weighted by Gasteiger charge is -2.47. The highest BCUT2D eigenvalue weighted by Crippen LogP contribution is 2.45. The predicted molar refractivity (Wildman–Crippen MR) is 119 cm³/mol. The zero-order valence-electron chi connectivity index (χ0n) is 17.0. The van der Waals surface area contributed by atoms with E-state index in [0.717, 1.165) is 25.7 Å². The summed E-state index contributed by atoms with van der Waals surface area (Å²) in [6.07, 6.45) is 8.19. The van der Waals surface area contributed by atoms with E-state index in [0.29, 0.717) is 21.6 Å². The van der Waals surface area contributed by atoms with Gasteiger partial charge in [-0.15, -0.1) is 0 Å². The number of aliphatic carboxylic acids is 1. The van der Waals surface area contributed by atoms with E-state index in [-0.39, 0.29) is 35.2 Å². The van der Waals surface area contributed by atoms with E-state index in [2.05, 4.69) is 25.3 Å². The van der Waals surface area contributed by atoms with E-state index in [9.17, 15) is 14.3 Å². The number of aromatic nitrogens is 3. The molecule has 0 spiro atoms. The molecule has 6 rings (SSSR count). The molecular formula is C22H22ClFN6O2. The number of fused-ring (bicyclic) bond motifs is 4. The van der Waals surface area contributed by atoms with Crippen LogP contribution in [-0.4, -0.2) is 43.7 Å². The van der Waals surface area contributed by atoms with Crippen LogP contribution in [0.2, 0.25) is 5.02 Å². The number of pyridine rings is 1. The molecule has 0 unspecified atom stereocenters. The highest BCUT2D eigenvalue weighted by atomic mass is 35.5. The molecule has 32 heavy (non-hydrogen) atoms. The molecule has 0 aromatic carbocycles. The summed E-state index contributed by atoms with van der Waals surface area (Å²) < 4.78 is 14.5. The summed E-state index contributed by atoms with van der Waals surface area (Å²) in [6.45, 7) is 0. The Labute approximate surface area is 187 Å². The van der Waals surface area contributed by atoms with Crippen molar-refractivity contribution in [3.63, 3.8) is 0 Å². The molecule has 0 amide bonds. The molecule has 3 saturated carbocycles. The van der Waals surface area contributed by atoms with Crippen molar-refractivity contribution in [2.75, 3.05) is 0 Å². The first-order valence-electron chi connectivity index (χ1n) is 10.5. The first kappa shape index (κ1) is 20.7. The maximum absolute atomic E-state index is 14.5. The van der Waals surface area contributed by atoms with Crippen LogP contribution in [0.1, 0.15) is 36.9 Å². The van der Waals surface area contributed by atoms with Gasteiger partial charge in [-0.05, 0) is 49.7 Å². The molecule has 0 radical (unpaired) electrons. The van der Waals surface area contributed by atoms with E-state index >= 15 is 0 Å². The number of H-pyrrole nitrogens is 2. The Bertz CT molecular complexity index is 1230. The fraction of sp³-hybridized carbons (Fsp3) is 0.364. The summed E-state index contributed by atoms with van der Waals surface area (Å²) in [6, 6.07) is 2.57. The maximum Gasteiger partial charge on any atom is 0.308 e. The first-order valence-corrected chi connectivity index (χ1v) is 10.9. The molecule has 10 heteroatoms. The molecule has 0 aliphatic heterocycles. The number of carbonyl (C=O) groups is 1. The second kappa shape index (κ2) is 8.05. The number of carboxylic acids is 1. The Hall–Kier alpha value is -3.20. The van der Waals surface area contributed by atoms with Crippen LogP contribution in [0.4, 0.5) is 4.39 Å². The van der Waals surface area contributed by atoms with E-state index in [1.165, 1.54) is 18.5 Å². The number of nitrogens with zero attached hydrogens (tertiary/aromatic N) is 2. The van der Waals surface area contributed by atoms with Crippen LogP contribution in [0.5, 0.6) is 0 Å². The number of hydrogen-bond acceptors (Lipinski definition) is 3. The topological polar surface area (TPSA) is 130 Å². The Morgan fingerprint density at radius 3 is 2.72 bits per heavy atom. The smallest absolute Gasteiger partial charge is 0.308 e. The molecule has 3 aromatic heterocycles. The summed E-state index contributed by atoms with van der Waals surface area (Å²) in [5, 5.41) is 22.7. The van der Waals surface area contributed by atoms with Gasteiger partial charge in [-0.1, -0.05) is 11.6 Å². The third-order valence-electron chi connectivity index (χ3n) is 6.72. The van der Waals surface area contributed by atoms with Gasteiger partial charge in [-0.2, -0.15) is 0 Å². The van der Waals surface area contributed by atoms with Crippen LogP contribution >= 0.6 is 11.6 Å². The largest absolute Gasteiger partial charge is 0.481 e. The van der Waals surface area contributed by atoms with Crippen molar-refractivity contribution in [1.29, 1.82) is 5.41 Å². The summed E-state index contributed by atoms with van der Waals surface area (Å²) >= 11 is 6.07. The number of nitrogens with one attached hydrogen (secondary N) is 4. The number of amidine groups is 2. The van der Waals surface area contributed by atoms with Crippen molar-refractivity contribution in [2.24, 2.45) is 22.7 Å². The second-order valence-electron chi connectivity index (χ2n) is 8.47. The normalized spacial score (nSPS) is 25.2. The Morgan fingerprint density at radius 1 is 1.28 bits per heavy atom. The molecule has 3 aromatic rings. The van der Waals surface area contributed by atoms with E-state index in [1.54, 1.807) is 12.3 Å². The second-order valence-corrected chi connectivity index (χ2v) is 8.91. The van der Waals surface area contributed by atoms with Crippen LogP contribution in [-0.2, 0) is 4.79 Å². The van der Waals surface area contributed by atoms with E-state index in [4.69, 9.17) is 17.0 Å². The monoisotopic (exact) mass is 456 g/mol.